The van der Waals surface area contributed by atoms with E-state index in [4.69, 9.17) is 9.47 Å². The molecule has 0 spiro atoms. The Morgan fingerprint density at radius 3 is 2.43 bits per heavy atom. The largest absolute Gasteiger partial charge is 0.492 e. The fourth-order valence-corrected chi connectivity index (χ4v) is 4.74. The van der Waals surface area contributed by atoms with Crippen LogP contribution in [0.4, 0.5) is 4.39 Å². The van der Waals surface area contributed by atoms with Gasteiger partial charge in [0.25, 0.3) is 0 Å². The number of benzene rings is 3. The van der Waals surface area contributed by atoms with Crippen molar-refractivity contribution in [3.8, 4) is 5.75 Å². The summed E-state index contributed by atoms with van der Waals surface area (Å²) in [5, 5.41) is 0. The molecule has 1 aliphatic heterocycles. The molecule has 30 heavy (non-hydrogen) atoms. The average Bonchev–Trinajstić information content (AvgIpc) is 2.97. The Balaban J connectivity index is 1.49. The number of hydrogen-bond acceptors (Lipinski definition) is 4. The number of rotatable bonds is 6. The quantitative estimate of drug-likeness (QED) is 0.594. The van der Waals surface area contributed by atoms with Gasteiger partial charge in [0.2, 0.25) is 10.0 Å². The van der Waals surface area contributed by atoms with Crippen LogP contribution in [-0.4, -0.2) is 25.9 Å². The van der Waals surface area contributed by atoms with Gasteiger partial charge in [-0.15, -0.1) is 0 Å². The molecule has 5 nitrogen and oxygen atoms in total. The summed E-state index contributed by atoms with van der Waals surface area (Å²) in [7, 11) is -3.76. The number of nitrogens with zero attached hydrogens (tertiary/aromatic N) is 1. The molecule has 7 heteroatoms. The van der Waals surface area contributed by atoms with E-state index >= 15 is 0 Å². The highest BCUT2D eigenvalue weighted by molar-refractivity contribution is 7.89. The number of halogens is 1. The van der Waals surface area contributed by atoms with E-state index in [1.807, 2.05) is 48.5 Å². The molecule has 0 aromatic heterocycles. The summed E-state index contributed by atoms with van der Waals surface area (Å²) in [5.41, 5.74) is 2.81. The summed E-state index contributed by atoms with van der Waals surface area (Å²) in [4.78, 5) is 0.0645. The van der Waals surface area contributed by atoms with Crippen molar-refractivity contribution in [1.29, 1.82) is 0 Å². The molecule has 3 aromatic carbocycles. The minimum Gasteiger partial charge on any atom is -0.492 e. The molecule has 0 N–H and O–H groups in total. The van der Waals surface area contributed by atoms with Gasteiger partial charge in [0.05, 0.1) is 18.1 Å². The summed E-state index contributed by atoms with van der Waals surface area (Å²) >= 11 is 0. The molecule has 1 aliphatic rings. The van der Waals surface area contributed by atoms with Crippen LogP contribution in [0, 0.1) is 5.82 Å². The fraction of sp³-hybridized carbons (Fsp3) is 0.217. The van der Waals surface area contributed by atoms with Gasteiger partial charge in [-0.3, -0.25) is 0 Å². The minimum atomic E-state index is -3.76. The Kier molecular flexibility index (Phi) is 6.13. The smallest absolute Gasteiger partial charge is 0.243 e. The second-order valence-electron chi connectivity index (χ2n) is 7.06. The van der Waals surface area contributed by atoms with E-state index in [2.05, 4.69) is 0 Å². The summed E-state index contributed by atoms with van der Waals surface area (Å²) in [5.74, 6) is 0.192. The van der Waals surface area contributed by atoms with E-state index in [1.54, 1.807) is 0 Å². The number of hydrogen-bond donors (Lipinski definition) is 0. The van der Waals surface area contributed by atoms with Crippen molar-refractivity contribution in [3.05, 3.63) is 95.3 Å². The number of ether oxygens (including phenoxy) is 2. The molecule has 0 unspecified atom stereocenters. The van der Waals surface area contributed by atoms with Crippen LogP contribution in [0.25, 0.3) is 0 Å². The molecule has 4 rings (SSSR count). The maximum atomic E-state index is 13.2. The molecular weight excluding hydrogens is 405 g/mol. The van der Waals surface area contributed by atoms with Crippen LogP contribution in [0.1, 0.15) is 16.7 Å². The average molecular weight is 427 g/mol. The number of fused-ring (bicyclic) bond motifs is 1. The molecule has 3 aromatic rings. The summed E-state index contributed by atoms with van der Waals surface area (Å²) < 4.78 is 52.1. The molecule has 0 saturated carbocycles. The van der Waals surface area contributed by atoms with E-state index in [0.29, 0.717) is 19.0 Å². The second kappa shape index (κ2) is 8.95. The topological polar surface area (TPSA) is 55.8 Å². The maximum absolute atomic E-state index is 13.2. The van der Waals surface area contributed by atoms with Crippen molar-refractivity contribution in [1.82, 2.24) is 4.31 Å². The molecule has 0 aliphatic carbocycles. The SMILES string of the molecule is O=S(=O)(c1ccc(F)cc1)N1CCOc2ccc(COCc3ccccc3)cc2C1. The first-order valence-electron chi connectivity index (χ1n) is 9.64. The Labute approximate surface area is 175 Å². The molecule has 0 radical (unpaired) electrons. The molecular formula is C23H22FNO4S. The van der Waals surface area contributed by atoms with Crippen molar-refractivity contribution in [2.45, 2.75) is 24.7 Å². The lowest BCUT2D eigenvalue weighted by Crippen LogP contribution is -2.32. The monoisotopic (exact) mass is 427 g/mol. The van der Waals surface area contributed by atoms with Crippen LogP contribution in [0.3, 0.4) is 0 Å². The maximum Gasteiger partial charge on any atom is 0.243 e. The van der Waals surface area contributed by atoms with E-state index in [1.165, 1.54) is 16.4 Å². The lowest BCUT2D eigenvalue weighted by Gasteiger charge is -2.19. The number of sulfonamides is 1. The van der Waals surface area contributed by atoms with Crippen LogP contribution in [0.5, 0.6) is 5.75 Å². The first kappa shape index (κ1) is 20.5. The van der Waals surface area contributed by atoms with Crippen molar-refractivity contribution >= 4 is 10.0 Å². The minimum absolute atomic E-state index is 0.0645. The lowest BCUT2D eigenvalue weighted by molar-refractivity contribution is 0.107. The molecule has 0 fully saturated rings. The highest BCUT2D eigenvalue weighted by Crippen LogP contribution is 2.28. The van der Waals surface area contributed by atoms with Gasteiger partial charge < -0.3 is 9.47 Å². The highest BCUT2D eigenvalue weighted by atomic mass is 32.2. The summed E-state index contributed by atoms with van der Waals surface area (Å²) in [6.07, 6.45) is 0. The van der Waals surface area contributed by atoms with Crippen LogP contribution in [0.2, 0.25) is 0 Å². The molecule has 0 saturated heterocycles. The van der Waals surface area contributed by atoms with Gasteiger partial charge in [-0.25, -0.2) is 12.8 Å². The van der Waals surface area contributed by atoms with Crippen molar-refractivity contribution in [2.24, 2.45) is 0 Å². The molecule has 156 valence electrons. The third-order valence-corrected chi connectivity index (χ3v) is 6.76. The van der Waals surface area contributed by atoms with Crippen LogP contribution < -0.4 is 4.74 Å². The Hall–Kier alpha value is -2.74. The zero-order valence-electron chi connectivity index (χ0n) is 16.3. The normalized spacial score (nSPS) is 14.6. The summed E-state index contributed by atoms with van der Waals surface area (Å²) in [6, 6.07) is 20.5. The zero-order chi connectivity index (χ0) is 21.0. The van der Waals surface area contributed by atoms with E-state index < -0.39 is 15.8 Å². The Bertz CT molecular complexity index is 1100. The lowest BCUT2D eigenvalue weighted by atomic mass is 10.1. The second-order valence-corrected chi connectivity index (χ2v) is 9.00. The molecule has 0 bridgehead atoms. The van der Waals surface area contributed by atoms with Crippen LogP contribution in [-0.2, 0) is 34.5 Å². The van der Waals surface area contributed by atoms with Gasteiger partial charge in [0, 0.05) is 18.7 Å². The van der Waals surface area contributed by atoms with Crippen molar-refractivity contribution < 1.29 is 22.3 Å². The van der Waals surface area contributed by atoms with Gasteiger partial charge in [0.1, 0.15) is 18.2 Å². The predicted octanol–water partition coefficient (Wildman–Crippen LogP) is 4.13. The van der Waals surface area contributed by atoms with Gasteiger partial charge in [0.15, 0.2) is 0 Å². The predicted molar refractivity (Wildman–Crippen MR) is 111 cm³/mol. The van der Waals surface area contributed by atoms with Crippen LogP contribution in [0.15, 0.2) is 77.7 Å². The first-order chi connectivity index (χ1) is 14.5. The van der Waals surface area contributed by atoms with E-state index in [9.17, 15) is 12.8 Å². The third kappa shape index (κ3) is 4.70. The van der Waals surface area contributed by atoms with E-state index in [-0.39, 0.29) is 24.6 Å². The van der Waals surface area contributed by atoms with Crippen molar-refractivity contribution in [2.75, 3.05) is 13.2 Å². The van der Waals surface area contributed by atoms with Gasteiger partial charge in [-0.2, -0.15) is 4.31 Å². The Morgan fingerprint density at radius 2 is 1.67 bits per heavy atom. The zero-order valence-corrected chi connectivity index (χ0v) is 17.1. The molecule has 0 amide bonds. The standard InChI is InChI=1S/C23H22FNO4S/c24-21-7-9-22(10-8-21)30(26,27)25-12-13-29-23-11-6-19(14-20(23)15-25)17-28-16-18-4-2-1-3-5-18/h1-11,14H,12-13,15-17H2. The van der Waals surface area contributed by atoms with Gasteiger partial charge >= 0.3 is 0 Å². The summed E-state index contributed by atoms with van der Waals surface area (Å²) in [6.45, 7) is 1.56. The van der Waals surface area contributed by atoms with E-state index in [0.717, 1.165) is 28.8 Å². The van der Waals surface area contributed by atoms with Crippen molar-refractivity contribution in [3.63, 3.8) is 0 Å². The van der Waals surface area contributed by atoms with Gasteiger partial charge in [-0.05, 0) is 47.5 Å². The fourth-order valence-electron chi connectivity index (χ4n) is 3.34. The van der Waals surface area contributed by atoms with Crippen LogP contribution >= 0.6 is 0 Å². The molecule has 0 atom stereocenters. The third-order valence-electron chi connectivity index (χ3n) is 4.90. The van der Waals surface area contributed by atoms with Gasteiger partial charge in [-0.1, -0.05) is 36.4 Å². The molecule has 1 heterocycles. The highest BCUT2D eigenvalue weighted by Gasteiger charge is 2.27. The first-order valence-corrected chi connectivity index (χ1v) is 11.1. The Morgan fingerprint density at radius 1 is 0.933 bits per heavy atom.